The average Bonchev–Trinajstić information content (AvgIpc) is 2.47. The van der Waals surface area contributed by atoms with Gasteiger partial charge in [0.2, 0.25) is 0 Å². The summed E-state index contributed by atoms with van der Waals surface area (Å²) in [6.07, 6.45) is 0.799. The number of rotatable bonds is 5. The van der Waals surface area contributed by atoms with Gasteiger partial charge in [-0.25, -0.2) is 9.48 Å². The van der Waals surface area contributed by atoms with Crippen molar-refractivity contribution in [3.8, 4) is 0 Å². The van der Waals surface area contributed by atoms with Crippen LogP contribution in [0, 0.1) is 5.92 Å². The lowest BCUT2D eigenvalue weighted by atomic mass is 10.1. The fourth-order valence-electron chi connectivity index (χ4n) is 2.16. The van der Waals surface area contributed by atoms with Gasteiger partial charge in [0.25, 0.3) is 5.56 Å². The van der Waals surface area contributed by atoms with E-state index in [9.17, 15) is 9.59 Å². The van der Waals surface area contributed by atoms with Crippen molar-refractivity contribution in [2.75, 3.05) is 6.61 Å². The molecule has 1 aromatic carbocycles. The molecule has 118 valence electrons. The second-order valence-electron chi connectivity index (χ2n) is 6.06. The van der Waals surface area contributed by atoms with E-state index < -0.39 is 5.97 Å². The van der Waals surface area contributed by atoms with Crippen molar-refractivity contribution in [2.45, 2.75) is 40.2 Å². The molecule has 2 rings (SSSR count). The monoisotopic (exact) mass is 302 g/mol. The third-order valence-electron chi connectivity index (χ3n) is 3.44. The zero-order valence-electron chi connectivity index (χ0n) is 13.5. The minimum Gasteiger partial charge on any atom is -0.461 e. The standard InChI is InChI=1S/C17H22N2O3/c1-11(2)9-10-22-17(21)15-13-7-5-6-8-14(13)16(20)19(18-15)12(3)4/h5-8,11-12H,9-10H2,1-4H3. The van der Waals surface area contributed by atoms with Gasteiger partial charge < -0.3 is 4.74 Å². The predicted octanol–water partition coefficient (Wildman–Crippen LogP) is 3.18. The van der Waals surface area contributed by atoms with Gasteiger partial charge in [0.15, 0.2) is 5.69 Å². The maximum Gasteiger partial charge on any atom is 0.359 e. The molecule has 0 aliphatic rings. The molecule has 0 atom stereocenters. The number of carbonyl (C=O) groups excluding carboxylic acids is 1. The van der Waals surface area contributed by atoms with Crippen molar-refractivity contribution < 1.29 is 9.53 Å². The zero-order valence-corrected chi connectivity index (χ0v) is 13.5. The molecule has 5 nitrogen and oxygen atoms in total. The van der Waals surface area contributed by atoms with Crippen molar-refractivity contribution in [2.24, 2.45) is 5.92 Å². The molecule has 0 saturated carbocycles. The molecule has 0 bridgehead atoms. The summed E-state index contributed by atoms with van der Waals surface area (Å²) in [4.78, 5) is 24.7. The second-order valence-corrected chi connectivity index (χ2v) is 6.06. The summed E-state index contributed by atoms with van der Waals surface area (Å²) in [5.41, 5.74) is 0.0111. The quantitative estimate of drug-likeness (QED) is 0.796. The Morgan fingerprint density at radius 2 is 1.82 bits per heavy atom. The van der Waals surface area contributed by atoms with Crippen LogP contribution >= 0.6 is 0 Å². The third kappa shape index (κ3) is 3.35. The number of ether oxygens (including phenoxy) is 1. The summed E-state index contributed by atoms with van der Waals surface area (Å²) < 4.78 is 6.64. The molecule has 0 N–H and O–H groups in total. The van der Waals surface area contributed by atoms with Gasteiger partial charge in [0.1, 0.15) is 0 Å². The summed E-state index contributed by atoms with van der Waals surface area (Å²) in [5, 5.41) is 5.26. The number of esters is 1. The SMILES string of the molecule is CC(C)CCOC(=O)c1nn(C(C)C)c(=O)c2ccccc12. The molecule has 0 unspecified atom stereocenters. The molecule has 0 aliphatic carbocycles. The van der Waals surface area contributed by atoms with Gasteiger partial charge in [-0.15, -0.1) is 0 Å². The molecule has 2 aromatic rings. The van der Waals surface area contributed by atoms with Crippen LogP contribution in [0.25, 0.3) is 10.8 Å². The van der Waals surface area contributed by atoms with Gasteiger partial charge in [0, 0.05) is 5.39 Å². The number of hydrogen-bond acceptors (Lipinski definition) is 4. The second kappa shape index (κ2) is 6.73. The molecule has 0 aliphatic heterocycles. The lowest BCUT2D eigenvalue weighted by Crippen LogP contribution is -2.28. The van der Waals surface area contributed by atoms with Crippen LogP contribution in [0.15, 0.2) is 29.1 Å². The Kier molecular flexibility index (Phi) is 4.96. The third-order valence-corrected chi connectivity index (χ3v) is 3.44. The van der Waals surface area contributed by atoms with E-state index in [0.717, 1.165) is 6.42 Å². The van der Waals surface area contributed by atoms with Crippen LogP contribution in [0.4, 0.5) is 0 Å². The van der Waals surface area contributed by atoms with Crippen LogP contribution < -0.4 is 5.56 Å². The van der Waals surface area contributed by atoms with E-state index in [2.05, 4.69) is 18.9 Å². The normalized spacial score (nSPS) is 11.4. The van der Waals surface area contributed by atoms with Crippen LogP contribution in [0.5, 0.6) is 0 Å². The molecular formula is C17H22N2O3. The zero-order chi connectivity index (χ0) is 16.3. The van der Waals surface area contributed by atoms with Gasteiger partial charge in [-0.2, -0.15) is 5.10 Å². The van der Waals surface area contributed by atoms with Crippen LogP contribution in [0.3, 0.4) is 0 Å². The fourth-order valence-corrected chi connectivity index (χ4v) is 2.16. The predicted molar refractivity (Wildman–Crippen MR) is 86.1 cm³/mol. The first kappa shape index (κ1) is 16.2. The van der Waals surface area contributed by atoms with E-state index in [1.807, 2.05) is 13.8 Å². The first-order valence-corrected chi connectivity index (χ1v) is 7.60. The Labute approximate surface area is 129 Å². The summed E-state index contributed by atoms with van der Waals surface area (Å²) in [5.74, 6) is -0.0200. The van der Waals surface area contributed by atoms with Crippen LogP contribution in [0.2, 0.25) is 0 Å². The van der Waals surface area contributed by atoms with Gasteiger partial charge >= 0.3 is 5.97 Å². The molecule has 1 aromatic heterocycles. The lowest BCUT2D eigenvalue weighted by molar-refractivity contribution is 0.0480. The Morgan fingerprint density at radius 3 is 2.41 bits per heavy atom. The van der Waals surface area contributed by atoms with E-state index in [-0.39, 0.29) is 17.3 Å². The number of hydrogen-bond donors (Lipinski definition) is 0. The van der Waals surface area contributed by atoms with Gasteiger partial charge in [-0.3, -0.25) is 4.79 Å². The molecule has 22 heavy (non-hydrogen) atoms. The van der Waals surface area contributed by atoms with E-state index in [0.29, 0.717) is 23.3 Å². The molecule has 5 heteroatoms. The summed E-state index contributed by atoms with van der Waals surface area (Å²) >= 11 is 0. The maximum absolute atomic E-state index is 12.4. The highest BCUT2D eigenvalue weighted by atomic mass is 16.5. The number of aromatic nitrogens is 2. The number of carbonyl (C=O) groups is 1. The smallest absolute Gasteiger partial charge is 0.359 e. The molecule has 0 amide bonds. The van der Waals surface area contributed by atoms with Crippen molar-refractivity contribution in [3.63, 3.8) is 0 Å². The number of benzene rings is 1. The lowest BCUT2D eigenvalue weighted by Gasteiger charge is -2.13. The largest absolute Gasteiger partial charge is 0.461 e. The van der Waals surface area contributed by atoms with E-state index in [4.69, 9.17) is 4.74 Å². The average molecular weight is 302 g/mol. The highest BCUT2D eigenvalue weighted by Gasteiger charge is 2.18. The molecule has 1 heterocycles. The minimum atomic E-state index is -0.480. The first-order chi connectivity index (χ1) is 10.4. The van der Waals surface area contributed by atoms with Gasteiger partial charge in [0.05, 0.1) is 18.0 Å². The van der Waals surface area contributed by atoms with Crippen molar-refractivity contribution in [1.29, 1.82) is 0 Å². The molecular weight excluding hydrogens is 280 g/mol. The molecule has 0 spiro atoms. The van der Waals surface area contributed by atoms with Gasteiger partial charge in [-0.05, 0) is 32.3 Å². The van der Waals surface area contributed by atoms with Crippen molar-refractivity contribution in [1.82, 2.24) is 9.78 Å². The molecule has 0 radical (unpaired) electrons. The highest BCUT2D eigenvalue weighted by molar-refractivity contribution is 6.02. The Hall–Kier alpha value is -2.17. The minimum absolute atomic E-state index is 0.126. The van der Waals surface area contributed by atoms with Crippen molar-refractivity contribution >= 4 is 16.7 Å². The number of fused-ring (bicyclic) bond motifs is 1. The highest BCUT2D eigenvalue weighted by Crippen LogP contribution is 2.16. The topological polar surface area (TPSA) is 61.2 Å². The summed E-state index contributed by atoms with van der Waals surface area (Å²) in [6, 6.07) is 6.88. The van der Waals surface area contributed by atoms with Gasteiger partial charge in [-0.1, -0.05) is 32.0 Å². The Balaban J connectivity index is 2.46. The Bertz CT molecular complexity index is 732. The van der Waals surface area contributed by atoms with E-state index in [1.54, 1.807) is 24.3 Å². The van der Waals surface area contributed by atoms with Crippen LogP contribution in [-0.4, -0.2) is 22.4 Å². The maximum atomic E-state index is 12.4. The summed E-state index contributed by atoms with van der Waals surface area (Å²) in [7, 11) is 0. The Morgan fingerprint density at radius 1 is 1.18 bits per heavy atom. The van der Waals surface area contributed by atoms with E-state index in [1.165, 1.54) is 4.68 Å². The summed E-state index contributed by atoms with van der Waals surface area (Å²) in [6.45, 7) is 8.21. The first-order valence-electron chi connectivity index (χ1n) is 7.60. The van der Waals surface area contributed by atoms with E-state index >= 15 is 0 Å². The number of nitrogens with zero attached hydrogens (tertiary/aromatic N) is 2. The molecule has 0 fully saturated rings. The van der Waals surface area contributed by atoms with Crippen LogP contribution in [-0.2, 0) is 4.74 Å². The fraction of sp³-hybridized carbons (Fsp3) is 0.471. The van der Waals surface area contributed by atoms with Crippen LogP contribution in [0.1, 0.15) is 50.6 Å². The molecule has 0 saturated heterocycles. The van der Waals surface area contributed by atoms with Crippen molar-refractivity contribution in [3.05, 3.63) is 40.3 Å².